The van der Waals surface area contributed by atoms with E-state index in [1.165, 1.54) is 12.8 Å². The van der Waals surface area contributed by atoms with E-state index in [2.05, 4.69) is 5.32 Å². The van der Waals surface area contributed by atoms with Crippen LogP contribution in [0, 0.1) is 5.92 Å². The Morgan fingerprint density at radius 1 is 1.50 bits per heavy atom. The molecular formula is C15H23NO4. The summed E-state index contributed by atoms with van der Waals surface area (Å²) in [6, 6.07) is 3.36. The van der Waals surface area contributed by atoms with Gasteiger partial charge in [0.15, 0.2) is 0 Å². The molecule has 1 aliphatic rings. The molecule has 0 spiro atoms. The van der Waals surface area contributed by atoms with Crippen LogP contribution >= 0.6 is 0 Å². The van der Waals surface area contributed by atoms with Crippen LogP contribution in [0.3, 0.4) is 0 Å². The molecule has 0 bridgehead atoms. The first-order valence-corrected chi connectivity index (χ1v) is 7.35. The van der Waals surface area contributed by atoms with E-state index in [1.54, 1.807) is 19.1 Å². The second-order valence-corrected chi connectivity index (χ2v) is 5.23. The van der Waals surface area contributed by atoms with Crippen LogP contribution in [0.15, 0.2) is 16.5 Å². The number of ether oxygens (including phenoxy) is 1. The zero-order valence-electron chi connectivity index (χ0n) is 11.9. The molecule has 1 saturated carbocycles. The van der Waals surface area contributed by atoms with Crippen molar-refractivity contribution in [1.29, 1.82) is 0 Å². The normalized spacial score (nSPS) is 17.3. The van der Waals surface area contributed by atoms with Gasteiger partial charge in [-0.1, -0.05) is 12.8 Å². The Labute approximate surface area is 119 Å². The number of aliphatic hydroxyl groups is 1. The predicted octanol–water partition coefficient (Wildman–Crippen LogP) is 2.10. The van der Waals surface area contributed by atoms with Crippen molar-refractivity contribution in [3.05, 3.63) is 23.7 Å². The highest BCUT2D eigenvalue weighted by Crippen LogP contribution is 2.27. The average Bonchev–Trinajstić information content (AvgIpc) is 3.10. The highest BCUT2D eigenvalue weighted by molar-refractivity contribution is 5.86. The van der Waals surface area contributed by atoms with E-state index >= 15 is 0 Å². The highest BCUT2D eigenvalue weighted by Gasteiger charge is 2.22. The number of hydrogen-bond acceptors (Lipinski definition) is 5. The second-order valence-electron chi connectivity index (χ2n) is 5.23. The number of aliphatic hydroxyl groups excluding tert-OH is 1. The topological polar surface area (TPSA) is 71.7 Å². The number of furan rings is 1. The lowest BCUT2D eigenvalue weighted by atomic mass is 10.0. The third-order valence-corrected chi connectivity index (χ3v) is 3.73. The molecule has 0 aromatic carbocycles. The number of hydrogen-bond donors (Lipinski definition) is 2. The molecular weight excluding hydrogens is 258 g/mol. The monoisotopic (exact) mass is 281 g/mol. The van der Waals surface area contributed by atoms with Crippen LogP contribution in [0.2, 0.25) is 0 Å². The summed E-state index contributed by atoms with van der Waals surface area (Å²) in [5.74, 6) is 0.880. The summed E-state index contributed by atoms with van der Waals surface area (Å²) in [5.41, 5.74) is 0. The fourth-order valence-corrected chi connectivity index (χ4v) is 2.64. The molecule has 0 amide bonds. The lowest BCUT2D eigenvalue weighted by Gasteiger charge is -2.17. The molecule has 1 fully saturated rings. The Bertz CT molecular complexity index is 423. The lowest BCUT2D eigenvalue weighted by Crippen LogP contribution is -2.31. The first-order chi connectivity index (χ1) is 9.70. The summed E-state index contributed by atoms with van der Waals surface area (Å²) in [4.78, 5) is 11.4. The number of esters is 1. The summed E-state index contributed by atoms with van der Waals surface area (Å²) in [5, 5.41) is 13.2. The standard InChI is InChI=1S/C15H23NO4/c1-2-19-15(18)14-8-7-12(20-14)9-16-10-13(17)11-5-3-4-6-11/h7-8,11,13,16-17H,2-6,9-10H2,1H3. The van der Waals surface area contributed by atoms with Gasteiger partial charge in [-0.25, -0.2) is 4.79 Å². The largest absolute Gasteiger partial charge is 0.460 e. The van der Waals surface area contributed by atoms with E-state index in [0.717, 1.165) is 12.8 Å². The van der Waals surface area contributed by atoms with Crippen LogP contribution in [-0.4, -0.2) is 30.3 Å². The summed E-state index contributed by atoms with van der Waals surface area (Å²) in [7, 11) is 0. The molecule has 1 unspecified atom stereocenters. The van der Waals surface area contributed by atoms with Crippen molar-refractivity contribution in [2.75, 3.05) is 13.2 Å². The second kappa shape index (κ2) is 7.45. The van der Waals surface area contributed by atoms with Gasteiger partial charge in [-0.15, -0.1) is 0 Å². The maximum Gasteiger partial charge on any atom is 0.374 e. The van der Waals surface area contributed by atoms with Gasteiger partial charge in [-0.05, 0) is 37.8 Å². The molecule has 0 radical (unpaired) electrons. The minimum atomic E-state index is -0.440. The fourth-order valence-electron chi connectivity index (χ4n) is 2.64. The predicted molar refractivity (Wildman–Crippen MR) is 74.3 cm³/mol. The van der Waals surface area contributed by atoms with Crippen LogP contribution in [0.25, 0.3) is 0 Å². The lowest BCUT2D eigenvalue weighted by molar-refractivity contribution is 0.0487. The van der Waals surface area contributed by atoms with E-state index in [-0.39, 0.29) is 11.9 Å². The van der Waals surface area contributed by atoms with Crippen molar-refractivity contribution in [2.24, 2.45) is 5.92 Å². The molecule has 1 aromatic heterocycles. The molecule has 1 aliphatic carbocycles. The molecule has 20 heavy (non-hydrogen) atoms. The summed E-state index contributed by atoms with van der Waals surface area (Å²) < 4.78 is 10.2. The number of carbonyl (C=O) groups excluding carboxylic acids is 1. The highest BCUT2D eigenvalue weighted by atomic mass is 16.5. The Hall–Kier alpha value is -1.33. The van der Waals surface area contributed by atoms with Crippen LogP contribution in [0.1, 0.15) is 48.9 Å². The molecule has 0 saturated heterocycles. The molecule has 1 atom stereocenters. The average molecular weight is 281 g/mol. The Balaban J connectivity index is 1.72. The van der Waals surface area contributed by atoms with Crippen molar-refractivity contribution in [1.82, 2.24) is 5.32 Å². The van der Waals surface area contributed by atoms with Crippen molar-refractivity contribution in [3.63, 3.8) is 0 Å². The zero-order valence-corrected chi connectivity index (χ0v) is 11.9. The maximum absolute atomic E-state index is 11.4. The minimum Gasteiger partial charge on any atom is -0.460 e. The third-order valence-electron chi connectivity index (χ3n) is 3.73. The summed E-state index contributed by atoms with van der Waals surface area (Å²) in [6.07, 6.45) is 4.40. The Morgan fingerprint density at radius 2 is 2.25 bits per heavy atom. The molecule has 5 heteroatoms. The van der Waals surface area contributed by atoms with E-state index in [4.69, 9.17) is 9.15 Å². The maximum atomic E-state index is 11.4. The zero-order chi connectivity index (χ0) is 14.4. The first-order valence-electron chi connectivity index (χ1n) is 7.35. The molecule has 5 nitrogen and oxygen atoms in total. The van der Waals surface area contributed by atoms with Gasteiger partial charge in [0, 0.05) is 6.54 Å². The van der Waals surface area contributed by atoms with Gasteiger partial charge in [-0.3, -0.25) is 0 Å². The number of carbonyl (C=O) groups is 1. The van der Waals surface area contributed by atoms with E-state index in [9.17, 15) is 9.90 Å². The van der Waals surface area contributed by atoms with Gasteiger partial charge in [0.2, 0.25) is 5.76 Å². The van der Waals surface area contributed by atoms with E-state index in [1.807, 2.05) is 0 Å². The molecule has 1 aromatic rings. The molecule has 112 valence electrons. The van der Waals surface area contributed by atoms with E-state index in [0.29, 0.717) is 31.4 Å². The Morgan fingerprint density at radius 3 is 2.95 bits per heavy atom. The summed E-state index contributed by atoms with van der Waals surface area (Å²) in [6.45, 7) is 3.15. The van der Waals surface area contributed by atoms with Gasteiger partial charge in [0.05, 0.1) is 19.3 Å². The van der Waals surface area contributed by atoms with Gasteiger partial charge in [-0.2, -0.15) is 0 Å². The van der Waals surface area contributed by atoms with Crippen LogP contribution < -0.4 is 5.32 Å². The number of rotatable bonds is 7. The molecule has 0 aliphatic heterocycles. The van der Waals surface area contributed by atoms with Crippen molar-refractivity contribution in [3.8, 4) is 0 Å². The van der Waals surface area contributed by atoms with Crippen LogP contribution in [0.5, 0.6) is 0 Å². The van der Waals surface area contributed by atoms with Gasteiger partial charge >= 0.3 is 5.97 Å². The van der Waals surface area contributed by atoms with Gasteiger partial charge in [0.25, 0.3) is 0 Å². The van der Waals surface area contributed by atoms with Crippen LogP contribution in [0.4, 0.5) is 0 Å². The molecule has 2 rings (SSSR count). The SMILES string of the molecule is CCOC(=O)c1ccc(CNCC(O)C2CCCC2)o1. The van der Waals surface area contributed by atoms with Crippen molar-refractivity contribution in [2.45, 2.75) is 45.3 Å². The number of nitrogens with one attached hydrogen (secondary N) is 1. The molecule has 2 N–H and O–H groups in total. The Kier molecular flexibility index (Phi) is 5.61. The van der Waals surface area contributed by atoms with Crippen molar-refractivity contribution >= 4 is 5.97 Å². The van der Waals surface area contributed by atoms with E-state index < -0.39 is 5.97 Å². The first kappa shape index (κ1) is 15.1. The summed E-state index contributed by atoms with van der Waals surface area (Å²) >= 11 is 0. The quantitative estimate of drug-likeness (QED) is 0.749. The van der Waals surface area contributed by atoms with Crippen molar-refractivity contribution < 1.29 is 19.1 Å². The van der Waals surface area contributed by atoms with Gasteiger partial charge in [0.1, 0.15) is 5.76 Å². The van der Waals surface area contributed by atoms with Gasteiger partial charge < -0.3 is 19.6 Å². The third kappa shape index (κ3) is 4.08. The molecule has 1 heterocycles. The smallest absolute Gasteiger partial charge is 0.374 e. The van der Waals surface area contributed by atoms with Crippen LogP contribution in [-0.2, 0) is 11.3 Å². The minimum absolute atomic E-state index is 0.222. The fraction of sp³-hybridized carbons (Fsp3) is 0.667.